The van der Waals surface area contributed by atoms with Crippen LogP contribution in [0.25, 0.3) is 0 Å². The van der Waals surface area contributed by atoms with Gasteiger partial charge in [0.05, 0.1) is 4.90 Å². The minimum Gasteiger partial charge on any atom is -0.373 e. The van der Waals surface area contributed by atoms with Gasteiger partial charge in [-0.1, -0.05) is 6.92 Å². The van der Waals surface area contributed by atoms with E-state index in [-0.39, 0.29) is 10.3 Å². The lowest BCUT2D eigenvalue weighted by atomic mass is 9.81. The number of likely N-dealkylation sites (tertiary alicyclic amines) is 1. The zero-order chi connectivity index (χ0) is 15.5. The smallest absolute Gasteiger partial charge is 0.240 e. The number of hydrogen-bond acceptors (Lipinski definition) is 5. The fraction of sp³-hybridized carbons (Fsp3) is 0.643. The Morgan fingerprint density at radius 1 is 1.38 bits per heavy atom. The van der Waals surface area contributed by atoms with E-state index < -0.39 is 10.0 Å². The first-order valence-electron chi connectivity index (χ1n) is 7.17. The lowest BCUT2D eigenvalue weighted by molar-refractivity contribution is 0.143. The third-order valence-electron chi connectivity index (χ3n) is 4.18. The molecule has 0 unspecified atom stereocenters. The van der Waals surface area contributed by atoms with Crippen LogP contribution >= 0.6 is 0 Å². The number of anilines is 1. The molecule has 1 fully saturated rings. The standard InChI is InChI=1S/C14H24N4O2S/c1-14(5-8-18(3)9-6-14)11-17-21(19,20)12-4-7-16-13(10-12)15-2/h4,7,10,17H,5-6,8-9,11H2,1-3H3,(H,15,16). The summed E-state index contributed by atoms with van der Waals surface area (Å²) in [5.41, 5.74) is 0.0262. The molecular formula is C14H24N4O2S. The lowest BCUT2D eigenvalue weighted by Crippen LogP contribution is -2.43. The summed E-state index contributed by atoms with van der Waals surface area (Å²) in [5.74, 6) is 0.545. The van der Waals surface area contributed by atoms with Crippen LogP contribution in [0.2, 0.25) is 0 Å². The van der Waals surface area contributed by atoms with Crippen molar-refractivity contribution in [1.82, 2.24) is 14.6 Å². The SMILES string of the molecule is CNc1cc(S(=O)(=O)NCC2(C)CCN(C)CC2)ccn1. The maximum absolute atomic E-state index is 12.4. The van der Waals surface area contributed by atoms with Gasteiger partial charge in [0.1, 0.15) is 5.82 Å². The van der Waals surface area contributed by atoms with Gasteiger partial charge in [-0.05, 0) is 44.5 Å². The minimum atomic E-state index is -3.49. The Balaban J connectivity index is 2.04. The second-order valence-corrected chi connectivity index (χ2v) is 7.83. The van der Waals surface area contributed by atoms with E-state index in [2.05, 4.69) is 33.9 Å². The first-order chi connectivity index (χ1) is 9.85. The van der Waals surface area contributed by atoms with Crippen LogP contribution in [0.3, 0.4) is 0 Å². The molecule has 1 saturated heterocycles. The molecule has 0 atom stereocenters. The molecule has 0 spiro atoms. The summed E-state index contributed by atoms with van der Waals surface area (Å²) in [6.07, 6.45) is 3.51. The molecule has 1 aromatic rings. The molecular weight excluding hydrogens is 288 g/mol. The van der Waals surface area contributed by atoms with Gasteiger partial charge in [-0.3, -0.25) is 0 Å². The molecule has 1 aliphatic rings. The molecule has 2 rings (SSSR count). The summed E-state index contributed by atoms with van der Waals surface area (Å²) in [6, 6.07) is 3.06. The van der Waals surface area contributed by atoms with Crippen molar-refractivity contribution in [1.29, 1.82) is 0 Å². The van der Waals surface area contributed by atoms with Crippen LogP contribution in [0, 0.1) is 5.41 Å². The average molecular weight is 312 g/mol. The first kappa shape index (κ1) is 16.2. The molecule has 0 aliphatic carbocycles. The highest BCUT2D eigenvalue weighted by molar-refractivity contribution is 7.89. The molecule has 21 heavy (non-hydrogen) atoms. The molecule has 6 nitrogen and oxygen atoms in total. The van der Waals surface area contributed by atoms with Crippen LogP contribution in [-0.4, -0.2) is 52.0 Å². The van der Waals surface area contributed by atoms with Crippen LogP contribution in [0.5, 0.6) is 0 Å². The van der Waals surface area contributed by atoms with Crippen molar-refractivity contribution in [3.63, 3.8) is 0 Å². The van der Waals surface area contributed by atoms with Crippen LogP contribution in [0.15, 0.2) is 23.2 Å². The van der Waals surface area contributed by atoms with E-state index in [4.69, 9.17) is 0 Å². The third-order valence-corrected chi connectivity index (χ3v) is 5.58. The topological polar surface area (TPSA) is 74.3 Å². The maximum atomic E-state index is 12.4. The quantitative estimate of drug-likeness (QED) is 0.853. The van der Waals surface area contributed by atoms with Crippen molar-refractivity contribution in [3.05, 3.63) is 18.3 Å². The second kappa shape index (κ2) is 6.29. The van der Waals surface area contributed by atoms with Gasteiger partial charge >= 0.3 is 0 Å². The maximum Gasteiger partial charge on any atom is 0.240 e. The highest BCUT2D eigenvalue weighted by Crippen LogP contribution is 2.30. The van der Waals surface area contributed by atoms with E-state index in [9.17, 15) is 8.42 Å². The van der Waals surface area contributed by atoms with E-state index in [1.54, 1.807) is 13.1 Å². The number of pyridine rings is 1. The Hall–Kier alpha value is -1.18. The Morgan fingerprint density at radius 2 is 2.05 bits per heavy atom. The van der Waals surface area contributed by atoms with Crippen LogP contribution in [-0.2, 0) is 10.0 Å². The average Bonchev–Trinajstić information content (AvgIpc) is 2.49. The molecule has 2 heterocycles. The van der Waals surface area contributed by atoms with E-state index in [0.29, 0.717) is 12.4 Å². The molecule has 1 aromatic heterocycles. The zero-order valence-electron chi connectivity index (χ0n) is 12.9. The number of sulfonamides is 1. The van der Waals surface area contributed by atoms with Crippen molar-refractivity contribution in [2.75, 3.05) is 39.0 Å². The summed E-state index contributed by atoms with van der Waals surface area (Å²) < 4.78 is 27.5. The third kappa shape index (κ3) is 4.15. The summed E-state index contributed by atoms with van der Waals surface area (Å²) in [5, 5.41) is 2.85. The highest BCUT2D eigenvalue weighted by Gasteiger charge is 2.30. The number of piperidine rings is 1. The van der Waals surface area contributed by atoms with Gasteiger partial charge in [-0.25, -0.2) is 18.1 Å². The van der Waals surface area contributed by atoms with Crippen LogP contribution in [0.4, 0.5) is 5.82 Å². The molecule has 0 saturated carbocycles. The molecule has 0 aromatic carbocycles. The number of rotatable bonds is 5. The van der Waals surface area contributed by atoms with Gasteiger partial charge in [0, 0.05) is 25.9 Å². The molecule has 1 aliphatic heterocycles. The van der Waals surface area contributed by atoms with Crippen molar-refractivity contribution < 1.29 is 8.42 Å². The van der Waals surface area contributed by atoms with E-state index >= 15 is 0 Å². The Kier molecular flexibility index (Phi) is 4.85. The largest absolute Gasteiger partial charge is 0.373 e. The molecule has 2 N–H and O–H groups in total. The predicted octanol–water partition coefficient (Wildman–Crippen LogP) is 1.13. The molecule has 0 amide bonds. The molecule has 0 radical (unpaired) electrons. The van der Waals surface area contributed by atoms with Gasteiger partial charge in [0.2, 0.25) is 10.0 Å². The molecule has 7 heteroatoms. The van der Waals surface area contributed by atoms with Gasteiger partial charge in [0.25, 0.3) is 0 Å². The number of hydrogen-bond donors (Lipinski definition) is 2. The number of nitrogens with zero attached hydrogens (tertiary/aromatic N) is 2. The van der Waals surface area contributed by atoms with Crippen molar-refractivity contribution in [3.8, 4) is 0 Å². The number of nitrogens with one attached hydrogen (secondary N) is 2. The van der Waals surface area contributed by atoms with Gasteiger partial charge in [-0.2, -0.15) is 0 Å². The van der Waals surface area contributed by atoms with Crippen molar-refractivity contribution >= 4 is 15.8 Å². The molecule has 0 bridgehead atoms. The Morgan fingerprint density at radius 3 is 2.67 bits per heavy atom. The second-order valence-electron chi connectivity index (χ2n) is 6.07. The minimum absolute atomic E-state index is 0.0262. The number of aromatic nitrogens is 1. The Bertz CT molecular complexity index is 580. The molecule has 118 valence electrons. The van der Waals surface area contributed by atoms with E-state index in [0.717, 1.165) is 25.9 Å². The summed E-state index contributed by atoms with van der Waals surface area (Å²) >= 11 is 0. The summed E-state index contributed by atoms with van der Waals surface area (Å²) in [4.78, 5) is 6.56. The first-order valence-corrected chi connectivity index (χ1v) is 8.65. The lowest BCUT2D eigenvalue weighted by Gasteiger charge is -2.37. The predicted molar refractivity (Wildman–Crippen MR) is 83.8 cm³/mol. The van der Waals surface area contributed by atoms with Crippen LogP contribution < -0.4 is 10.0 Å². The van der Waals surface area contributed by atoms with E-state index in [1.807, 2.05) is 0 Å². The van der Waals surface area contributed by atoms with E-state index in [1.165, 1.54) is 12.3 Å². The monoisotopic (exact) mass is 312 g/mol. The van der Waals surface area contributed by atoms with Gasteiger partial charge in [0.15, 0.2) is 0 Å². The van der Waals surface area contributed by atoms with Crippen molar-refractivity contribution in [2.45, 2.75) is 24.7 Å². The highest BCUT2D eigenvalue weighted by atomic mass is 32.2. The summed E-state index contributed by atoms with van der Waals surface area (Å²) in [7, 11) is 0.324. The van der Waals surface area contributed by atoms with Crippen LogP contribution in [0.1, 0.15) is 19.8 Å². The fourth-order valence-electron chi connectivity index (χ4n) is 2.40. The normalized spacial score (nSPS) is 19.4. The fourth-order valence-corrected chi connectivity index (χ4v) is 3.61. The summed E-state index contributed by atoms with van der Waals surface area (Å²) in [6.45, 7) is 4.64. The van der Waals surface area contributed by atoms with Gasteiger partial charge in [-0.15, -0.1) is 0 Å². The Labute approximate surface area is 127 Å². The van der Waals surface area contributed by atoms with Crippen molar-refractivity contribution in [2.24, 2.45) is 5.41 Å². The van der Waals surface area contributed by atoms with Gasteiger partial charge < -0.3 is 10.2 Å². The zero-order valence-corrected chi connectivity index (χ0v) is 13.7.